The molecule has 0 saturated heterocycles. The molecule has 0 N–H and O–H groups in total. The molecule has 318 valence electrons. The van der Waals surface area contributed by atoms with Crippen molar-refractivity contribution in [3.05, 3.63) is 180 Å². The molecule has 1 aliphatic heterocycles. The van der Waals surface area contributed by atoms with Gasteiger partial charge in [0, 0.05) is 0 Å². The fourth-order valence-electron chi connectivity index (χ4n) is 8.55. The minimum absolute atomic E-state index is 0.626. The number of fused-ring (bicyclic) bond motifs is 5. The number of hydrogen-bond acceptors (Lipinski definition) is 0. The van der Waals surface area contributed by atoms with Crippen molar-refractivity contribution in [3.63, 3.8) is 0 Å². The minimum atomic E-state index is -0.826. The van der Waals surface area contributed by atoms with Crippen LogP contribution in [0.4, 0.5) is 0 Å². The molecule has 2 atom stereocenters. The van der Waals surface area contributed by atoms with E-state index in [-0.39, 0.29) is 0 Å². The Morgan fingerprint density at radius 2 is 0.935 bits per heavy atom. The van der Waals surface area contributed by atoms with Crippen LogP contribution in [0.2, 0.25) is 0 Å². The van der Waals surface area contributed by atoms with Gasteiger partial charge < -0.3 is 0 Å². The molecule has 0 amide bonds. The molecule has 62 heavy (non-hydrogen) atoms. The molecule has 0 bridgehead atoms. The molecule has 0 spiro atoms. The zero-order valence-corrected chi connectivity index (χ0v) is 42.8. The van der Waals surface area contributed by atoms with Gasteiger partial charge in [0.05, 0.1) is 9.52 Å². The van der Waals surface area contributed by atoms with Crippen LogP contribution in [-0.2, 0) is 33.7 Å². The standard InChI is InChI=1S/2C23H27.C12H7Si.2ClH.Zr/c2*1-5-17(4)20-14-19-10-8-12-22(23(19)15-20)21-11-7-6-9-18(21)13-16(2)3;1-3-7-11-9(5-1)10-6-2-4-8-12(10)13-11;;;/h2*6-12,14-17H,5,13H2,1-4H3;1-7H;2*1H;/q3*-1;;;+2/p-2. The summed E-state index contributed by atoms with van der Waals surface area (Å²) in [6.07, 6.45) is 4.64. The van der Waals surface area contributed by atoms with Gasteiger partial charge >= 0.3 is 37.9 Å². The normalized spacial score (nSPS) is 12.4. The zero-order valence-electron chi connectivity index (χ0n) is 37.8. The second-order valence-corrected chi connectivity index (χ2v) is 22.5. The maximum atomic E-state index is 4.93. The molecule has 0 nitrogen and oxygen atoms in total. The molecule has 0 aromatic heterocycles. The zero-order chi connectivity index (χ0) is 44.2. The molecule has 0 aliphatic carbocycles. The van der Waals surface area contributed by atoms with Crippen LogP contribution in [0.15, 0.2) is 152 Å². The molecule has 4 heteroatoms. The van der Waals surface area contributed by atoms with Crippen LogP contribution in [0, 0.1) is 17.9 Å². The minimum Gasteiger partial charge on any atom is -0.184 e. The summed E-state index contributed by atoms with van der Waals surface area (Å²) in [5, 5.41) is 8.37. The first kappa shape index (κ1) is 47.7. The van der Waals surface area contributed by atoms with E-state index in [9.17, 15) is 0 Å². The Balaban J connectivity index is 0.000000155. The summed E-state index contributed by atoms with van der Waals surface area (Å²) >= 11 is -0.826. The van der Waals surface area contributed by atoms with E-state index >= 15 is 0 Å². The molecule has 8 aromatic carbocycles. The molecule has 8 aromatic rings. The van der Waals surface area contributed by atoms with Crippen LogP contribution in [0.25, 0.3) is 54.9 Å². The molecule has 1 heterocycles. The molecule has 2 radical (unpaired) electrons. The van der Waals surface area contributed by atoms with Gasteiger partial charge in [0.25, 0.3) is 0 Å². The second-order valence-electron chi connectivity index (χ2n) is 17.5. The van der Waals surface area contributed by atoms with Crippen molar-refractivity contribution in [2.75, 3.05) is 0 Å². The second kappa shape index (κ2) is 23.2. The Kier molecular flexibility index (Phi) is 17.9. The molecule has 1 aliphatic rings. The van der Waals surface area contributed by atoms with E-state index < -0.39 is 20.8 Å². The van der Waals surface area contributed by atoms with Crippen LogP contribution in [-0.4, -0.2) is 9.52 Å². The Morgan fingerprint density at radius 1 is 0.516 bits per heavy atom. The van der Waals surface area contributed by atoms with Gasteiger partial charge in [-0.1, -0.05) is 175 Å². The predicted octanol–water partition coefficient (Wildman–Crippen LogP) is 16.4. The van der Waals surface area contributed by atoms with E-state index in [1.165, 1.54) is 100 Å². The molecule has 9 rings (SSSR count). The number of rotatable bonds is 10. The molecular weight excluding hydrogens is 887 g/mol. The van der Waals surface area contributed by atoms with Gasteiger partial charge in [-0.15, -0.1) is 74.6 Å². The number of halogens is 2. The van der Waals surface area contributed by atoms with Gasteiger partial charge in [0.1, 0.15) is 0 Å². The van der Waals surface area contributed by atoms with Gasteiger partial charge in [-0.2, -0.15) is 41.6 Å². The molecule has 0 fully saturated rings. The summed E-state index contributed by atoms with van der Waals surface area (Å²) in [4.78, 5) is 0. The van der Waals surface area contributed by atoms with Crippen molar-refractivity contribution in [1.29, 1.82) is 0 Å². The van der Waals surface area contributed by atoms with Crippen molar-refractivity contribution in [3.8, 4) is 33.4 Å². The Morgan fingerprint density at radius 3 is 1.40 bits per heavy atom. The van der Waals surface area contributed by atoms with Crippen molar-refractivity contribution < 1.29 is 20.8 Å². The summed E-state index contributed by atoms with van der Waals surface area (Å²) in [7, 11) is 10.7. The summed E-state index contributed by atoms with van der Waals surface area (Å²) in [5.41, 5.74) is 14.2. The maximum Gasteiger partial charge on any atom is 0.0920 e. The maximum absolute atomic E-state index is 4.93. The quantitative estimate of drug-likeness (QED) is 0.0947. The molecular formula is C58H61Cl2SiZr-3. The fraction of sp³-hybridized carbons (Fsp3) is 0.276. The van der Waals surface area contributed by atoms with Crippen molar-refractivity contribution >= 4 is 58.5 Å². The Labute approximate surface area is 394 Å². The van der Waals surface area contributed by atoms with Crippen molar-refractivity contribution in [2.24, 2.45) is 11.8 Å². The van der Waals surface area contributed by atoms with Gasteiger partial charge in [0.2, 0.25) is 0 Å². The first-order chi connectivity index (χ1) is 30.1. The first-order valence-electron chi connectivity index (χ1n) is 22.4. The summed E-state index contributed by atoms with van der Waals surface area (Å²) in [6, 6.07) is 59.0. The van der Waals surface area contributed by atoms with Crippen LogP contribution < -0.4 is 10.4 Å². The molecule has 0 saturated carbocycles. The smallest absolute Gasteiger partial charge is 0.0920 e. The average Bonchev–Trinajstić information content (AvgIpc) is 4.02. The SMILES string of the molecule is CCC(C)c1cc2c(-c3ccccc3CC(C)C)cccc2[cH-]1.CCC(C)c1cc2c(-c3ccccc3CC(C)C)cccc2[cH-]1.[Cl][Zr][Cl].[c-]1cccc2c1[Si]c1ccccc1-2. The summed E-state index contributed by atoms with van der Waals surface area (Å²) in [6.45, 7) is 18.3. The third-order valence-electron chi connectivity index (χ3n) is 12.1. The Hall–Kier alpha value is -3.78. The number of benzene rings is 6. The van der Waals surface area contributed by atoms with Crippen molar-refractivity contribution in [2.45, 2.75) is 92.9 Å². The van der Waals surface area contributed by atoms with E-state index in [0.717, 1.165) is 22.4 Å². The largest absolute Gasteiger partial charge is 0.184 e. The van der Waals surface area contributed by atoms with E-state index in [4.69, 9.17) is 17.0 Å². The third kappa shape index (κ3) is 11.9. The number of hydrogen-bond donors (Lipinski definition) is 0. The van der Waals surface area contributed by atoms with Gasteiger partial charge in [-0.25, -0.2) is 0 Å². The average molecular weight is 948 g/mol. The van der Waals surface area contributed by atoms with Crippen LogP contribution in [0.5, 0.6) is 0 Å². The van der Waals surface area contributed by atoms with E-state index in [1.54, 1.807) is 0 Å². The van der Waals surface area contributed by atoms with Gasteiger partial charge in [-0.05, 0) is 58.8 Å². The summed E-state index contributed by atoms with van der Waals surface area (Å²) in [5.74, 6) is 2.60. The first-order valence-corrected chi connectivity index (χ1v) is 29.8. The van der Waals surface area contributed by atoms with E-state index in [1.807, 2.05) is 6.07 Å². The van der Waals surface area contributed by atoms with Crippen LogP contribution >= 0.6 is 17.0 Å². The van der Waals surface area contributed by atoms with Crippen LogP contribution in [0.3, 0.4) is 0 Å². The summed E-state index contributed by atoms with van der Waals surface area (Å²) < 4.78 is 0. The molecule has 2 unspecified atom stereocenters. The van der Waals surface area contributed by atoms with Crippen LogP contribution in [0.1, 0.15) is 102 Å². The predicted molar refractivity (Wildman–Crippen MR) is 272 cm³/mol. The van der Waals surface area contributed by atoms with E-state index in [2.05, 4.69) is 207 Å². The third-order valence-corrected chi connectivity index (χ3v) is 13.5. The fourth-order valence-corrected chi connectivity index (χ4v) is 9.86. The van der Waals surface area contributed by atoms with Gasteiger partial charge in [-0.3, -0.25) is 0 Å². The van der Waals surface area contributed by atoms with Gasteiger partial charge in [0.15, 0.2) is 0 Å². The van der Waals surface area contributed by atoms with E-state index in [0.29, 0.717) is 23.7 Å². The Bertz CT molecular complexity index is 2460. The van der Waals surface area contributed by atoms with Crippen molar-refractivity contribution in [1.82, 2.24) is 0 Å². The topological polar surface area (TPSA) is 0 Å². The monoisotopic (exact) mass is 945 g/mol.